The Morgan fingerprint density at radius 3 is 2.00 bits per heavy atom. The third kappa shape index (κ3) is 5.79. The summed E-state index contributed by atoms with van der Waals surface area (Å²) in [6, 6.07) is 1.97. The van der Waals surface area contributed by atoms with E-state index in [0.717, 1.165) is 13.1 Å². The van der Waals surface area contributed by atoms with E-state index in [1.54, 1.807) is 6.54 Å². The Balaban J connectivity index is 0. The first-order chi connectivity index (χ1) is 3.85. The van der Waals surface area contributed by atoms with Gasteiger partial charge in [0.25, 0.3) is 0 Å². The van der Waals surface area contributed by atoms with Gasteiger partial charge in [-0.1, -0.05) is 19.9 Å². The molecular weight excluding hydrogens is 107 g/mol. The van der Waals surface area contributed by atoms with Gasteiger partial charge in [-0.3, -0.25) is 0 Å². The van der Waals surface area contributed by atoms with E-state index in [9.17, 15) is 0 Å². The predicted octanol–water partition coefficient (Wildman–Crippen LogP) is -1.98. The fraction of sp³-hybridized carbons (Fsp3) is 0.667. The molecule has 0 fully saturated rings. The second-order valence-electron chi connectivity index (χ2n) is 1.48. The molecule has 0 amide bonds. The first-order valence-electron chi connectivity index (χ1n) is 2.82. The summed E-state index contributed by atoms with van der Waals surface area (Å²) < 4.78 is 0. The zero-order valence-corrected chi connectivity index (χ0v) is 6.39. The Labute approximate surface area is 69.0 Å². The van der Waals surface area contributed by atoms with Gasteiger partial charge in [-0.05, 0) is 13.1 Å². The molecule has 0 rings (SSSR count). The predicted molar refractivity (Wildman–Crippen MR) is 32.8 cm³/mol. The first-order valence-corrected chi connectivity index (χ1v) is 2.82. The topological polar surface area (TPSA) is 27.0 Å². The van der Waals surface area contributed by atoms with Crippen LogP contribution < -0.4 is 18.9 Å². The van der Waals surface area contributed by atoms with Crippen molar-refractivity contribution in [2.24, 2.45) is 0 Å². The molecule has 0 spiro atoms. The third-order valence-corrected chi connectivity index (χ3v) is 1.05. The maximum absolute atomic E-state index is 8.15. The number of nitrogens with zero attached hydrogens (tertiary/aromatic N) is 2. The van der Waals surface area contributed by atoms with E-state index < -0.39 is 0 Å². The fourth-order valence-electron chi connectivity index (χ4n) is 0.488. The molecule has 2 nitrogen and oxygen atoms in total. The molecule has 0 aromatic heterocycles. The van der Waals surface area contributed by atoms with E-state index in [1.165, 1.54) is 0 Å². The van der Waals surface area contributed by atoms with Crippen molar-refractivity contribution in [2.45, 2.75) is 13.8 Å². The number of rotatable bonds is 3. The number of hydrogen-bond acceptors (Lipinski definition) is 2. The molecule has 0 radical (unpaired) electrons. The average Bonchev–Trinajstić information content (AvgIpc) is 1.83. The molecule has 46 valence electrons. The summed E-state index contributed by atoms with van der Waals surface area (Å²) in [7, 11) is 0. The smallest absolute Gasteiger partial charge is 0.428 e. The van der Waals surface area contributed by atoms with Crippen LogP contribution in [0.5, 0.6) is 0 Å². The van der Waals surface area contributed by atoms with Gasteiger partial charge >= 0.3 is 18.9 Å². The molecule has 0 aliphatic heterocycles. The van der Waals surface area contributed by atoms with Crippen molar-refractivity contribution < 1.29 is 18.9 Å². The minimum atomic E-state index is 0. The van der Waals surface area contributed by atoms with E-state index in [2.05, 4.69) is 0 Å². The van der Waals surface area contributed by atoms with Crippen LogP contribution in [-0.2, 0) is 0 Å². The zero-order valence-electron chi connectivity index (χ0n) is 6.39. The van der Waals surface area contributed by atoms with Crippen molar-refractivity contribution in [1.29, 1.82) is 5.26 Å². The average molecular weight is 118 g/mol. The summed E-state index contributed by atoms with van der Waals surface area (Å²) in [6.07, 6.45) is 0. The summed E-state index contributed by atoms with van der Waals surface area (Å²) in [5, 5.41) is 8.15. The Morgan fingerprint density at radius 2 is 1.89 bits per heavy atom. The van der Waals surface area contributed by atoms with E-state index in [4.69, 9.17) is 5.26 Å². The van der Waals surface area contributed by atoms with Crippen LogP contribution in [0.15, 0.2) is 0 Å². The molecule has 9 heavy (non-hydrogen) atoms. The molecule has 0 atom stereocenters. The van der Waals surface area contributed by atoms with Gasteiger partial charge in [-0.2, -0.15) is 0 Å². The molecule has 0 unspecified atom stereocenters. The summed E-state index contributed by atoms with van der Waals surface area (Å²) >= 11 is 0. The van der Waals surface area contributed by atoms with E-state index in [-0.39, 0.29) is 18.9 Å². The van der Waals surface area contributed by atoms with Crippen molar-refractivity contribution in [2.75, 3.05) is 13.1 Å². The van der Waals surface area contributed by atoms with Crippen LogP contribution >= 0.6 is 0 Å². The molecular formula is C6H11LiN2. The van der Waals surface area contributed by atoms with Crippen molar-refractivity contribution >= 4 is 0 Å². The minimum Gasteiger partial charge on any atom is -0.428 e. The molecule has 0 bridgehead atoms. The molecule has 0 heterocycles. The Hall–Kier alpha value is -0.0826. The quantitative estimate of drug-likeness (QED) is 0.317. The van der Waals surface area contributed by atoms with Gasteiger partial charge in [0.1, 0.15) is 0 Å². The van der Waals surface area contributed by atoms with Crippen molar-refractivity contribution in [3.05, 3.63) is 6.54 Å². The Morgan fingerprint density at radius 1 is 1.44 bits per heavy atom. The monoisotopic (exact) mass is 118 g/mol. The molecule has 0 aliphatic carbocycles. The summed E-state index contributed by atoms with van der Waals surface area (Å²) in [6.45, 7) is 7.43. The van der Waals surface area contributed by atoms with Gasteiger partial charge in [0.15, 0.2) is 0 Å². The zero-order chi connectivity index (χ0) is 6.41. The second-order valence-corrected chi connectivity index (χ2v) is 1.48. The maximum atomic E-state index is 8.15. The number of nitriles is 1. The fourth-order valence-corrected chi connectivity index (χ4v) is 0.488. The van der Waals surface area contributed by atoms with E-state index >= 15 is 0 Å². The van der Waals surface area contributed by atoms with Crippen molar-refractivity contribution in [1.82, 2.24) is 4.90 Å². The molecule has 0 saturated heterocycles. The normalized spacial score (nSPS) is 7.78. The molecule has 0 aromatic carbocycles. The molecule has 0 aromatic rings. The van der Waals surface area contributed by atoms with Crippen LogP contribution in [0.2, 0.25) is 0 Å². The standard InChI is InChI=1S/C6H11N2.Li/c1-3-8(4-2)6-5-7;/h6H,3-4H2,1-2H3;/q-1;+1. The van der Waals surface area contributed by atoms with E-state index in [0.29, 0.717) is 0 Å². The molecule has 0 saturated carbocycles. The summed E-state index contributed by atoms with van der Waals surface area (Å²) in [4.78, 5) is 1.94. The summed E-state index contributed by atoms with van der Waals surface area (Å²) in [5.41, 5.74) is 0. The molecule has 3 heteroatoms. The van der Waals surface area contributed by atoms with Crippen molar-refractivity contribution in [3.8, 4) is 6.07 Å². The van der Waals surface area contributed by atoms with Gasteiger partial charge in [-0.15, -0.1) is 0 Å². The first kappa shape index (κ1) is 11.7. The van der Waals surface area contributed by atoms with Crippen LogP contribution in [0.25, 0.3) is 0 Å². The summed E-state index contributed by atoms with van der Waals surface area (Å²) in [5.74, 6) is 0. The third-order valence-electron chi connectivity index (χ3n) is 1.05. The molecule has 0 aliphatic rings. The van der Waals surface area contributed by atoms with Crippen molar-refractivity contribution in [3.63, 3.8) is 0 Å². The van der Waals surface area contributed by atoms with E-state index in [1.807, 2.05) is 24.8 Å². The SMILES string of the molecule is CCN([CH-]C#N)CC.[Li+]. The van der Waals surface area contributed by atoms with Gasteiger partial charge in [0, 0.05) is 0 Å². The van der Waals surface area contributed by atoms with Gasteiger partial charge < -0.3 is 4.90 Å². The van der Waals surface area contributed by atoms with Crippen LogP contribution in [0.4, 0.5) is 0 Å². The maximum Gasteiger partial charge on any atom is 1.00 e. The Kier molecular flexibility index (Phi) is 10.3. The van der Waals surface area contributed by atoms with Crippen LogP contribution in [0.3, 0.4) is 0 Å². The number of hydrogen-bond donors (Lipinski definition) is 0. The van der Waals surface area contributed by atoms with Gasteiger partial charge in [-0.25, -0.2) is 11.8 Å². The minimum absolute atomic E-state index is 0. The van der Waals surface area contributed by atoms with Crippen LogP contribution in [-0.4, -0.2) is 18.0 Å². The second kappa shape index (κ2) is 7.92. The van der Waals surface area contributed by atoms with Gasteiger partial charge in [0.2, 0.25) is 0 Å². The van der Waals surface area contributed by atoms with Gasteiger partial charge in [0.05, 0.1) is 0 Å². The van der Waals surface area contributed by atoms with Crippen LogP contribution in [0, 0.1) is 17.9 Å². The largest absolute Gasteiger partial charge is 1.00 e. The Bertz CT molecular complexity index is 83.5. The van der Waals surface area contributed by atoms with Crippen LogP contribution in [0.1, 0.15) is 13.8 Å². The molecule has 0 N–H and O–H groups in total.